The number of nitrogens with zero attached hydrogens (tertiary/aromatic N) is 5. The van der Waals surface area contributed by atoms with Gasteiger partial charge in [-0.2, -0.15) is 5.10 Å². The number of carbonyl (C=O) groups excluding carboxylic acids is 1. The second-order valence-corrected chi connectivity index (χ2v) is 5.50. The minimum Gasteiger partial charge on any atom is -0.383 e. The summed E-state index contributed by atoms with van der Waals surface area (Å²) in [5.41, 5.74) is 1.57. The summed E-state index contributed by atoms with van der Waals surface area (Å²) >= 11 is 0. The van der Waals surface area contributed by atoms with E-state index < -0.39 is 0 Å². The minimum atomic E-state index is -0.107. The van der Waals surface area contributed by atoms with E-state index >= 15 is 0 Å². The summed E-state index contributed by atoms with van der Waals surface area (Å²) in [5.74, 6) is 1.19. The molecule has 7 heteroatoms. The van der Waals surface area contributed by atoms with Crippen molar-refractivity contribution in [3.63, 3.8) is 0 Å². The molecule has 2 aromatic rings. The van der Waals surface area contributed by atoms with Gasteiger partial charge in [0.25, 0.3) is 0 Å². The van der Waals surface area contributed by atoms with Gasteiger partial charge < -0.3 is 9.64 Å². The second-order valence-electron chi connectivity index (χ2n) is 5.50. The van der Waals surface area contributed by atoms with Gasteiger partial charge in [0.2, 0.25) is 5.78 Å². The van der Waals surface area contributed by atoms with Crippen LogP contribution in [0.25, 0.3) is 6.08 Å². The van der Waals surface area contributed by atoms with Crippen molar-refractivity contribution in [1.82, 2.24) is 19.7 Å². The lowest BCUT2D eigenvalue weighted by molar-refractivity contribution is 0.103. The molecule has 1 unspecified atom stereocenters. The normalized spacial score (nSPS) is 18.5. The molecule has 0 fully saturated rings. The number of rotatable bonds is 5. The molecule has 1 aliphatic heterocycles. The number of hydrogen-bond donors (Lipinski definition) is 0. The first-order valence-electron chi connectivity index (χ1n) is 7.43. The number of ether oxygens (including phenoxy) is 1. The maximum absolute atomic E-state index is 12.3. The largest absolute Gasteiger partial charge is 0.383 e. The standard InChI is InChI=1S/C16H19N5O2/c1-11-13(15(22)16-18-10-19-21(11)16)8-12-4-5-14(17-9-12)20(2)6-7-23-3/h4-5,8-11H,6-7H2,1-3H3/b13-8-. The molecule has 0 saturated heterocycles. The molecule has 120 valence electrons. The third-order valence-corrected chi connectivity index (χ3v) is 3.97. The average molecular weight is 313 g/mol. The summed E-state index contributed by atoms with van der Waals surface area (Å²) < 4.78 is 6.71. The van der Waals surface area contributed by atoms with Gasteiger partial charge in [0.1, 0.15) is 12.1 Å². The molecule has 2 aromatic heterocycles. The van der Waals surface area contributed by atoms with Crippen LogP contribution in [0.3, 0.4) is 0 Å². The van der Waals surface area contributed by atoms with Crippen LogP contribution >= 0.6 is 0 Å². The summed E-state index contributed by atoms with van der Waals surface area (Å²) in [5, 5.41) is 4.10. The van der Waals surface area contributed by atoms with Crippen LogP contribution in [0.1, 0.15) is 29.1 Å². The number of allylic oxidation sites excluding steroid dienone is 1. The zero-order chi connectivity index (χ0) is 16.4. The Kier molecular flexibility index (Phi) is 4.20. The van der Waals surface area contributed by atoms with Crippen molar-refractivity contribution in [3.05, 3.63) is 41.6 Å². The maximum atomic E-state index is 12.3. The number of carbonyl (C=O) groups is 1. The first-order chi connectivity index (χ1) is 11.1. The second kappa shape index (κ2) is 6.29. The Hall–Kier alpha value is -2.54. The lowest BCUT2D eigenvalue weighted by atomic mass is 10.0. The van der Waals surface area contributed by atoms with Gasteiger partial charge in [0.05, 0.1) is 12.6 Å². The number of Topliss-reactive ketones (excluding diaryl/α,β-unsaturated/α-hetero) is 1. The van der Waals surface area contributed by atoms with Crippen LogP contribution in [0.15, 0.2) is 30.2 Å². The number of pyridine rings is 1. The summed E-state index contributed by atoms with van der Waals surface area (Å²) in [6.45, 7) is 3.36. The highest BCUT2D eigenvalue weighted by Gasteiger charge is 2.33. The first kappa shape index (κ1) is 15.4. The van der Waals surface area contributed by atoms with Gasteiger partial charge in [-0.25, -0.2) is 14.6 Å². The molecule has 0 bridgehead atoms. The van der Waals surface area contributed by atoms with E-state index in [1.54, 1.807) is 18.0 Å². The highest BCUT2D eigenvalue weighted by Crippen LogP contribution is 2.30. The third kappa shape index (κ3) is 2.87. The summed E-state index contributed by atoms with van der Waals surface area (Å²) in [4.78, 5) is 22.8. The summed E-state index contributed by atoms with van der Waals surface area (Å²) in [7, 11) is 3.64. The van der Waals surface area contributed by atoms with Crippen LogP contribution in [-0.4, -0.2) is 52.8 Å². The fraction of sp³-hybridized carbons (Fsp3) is 0.375. The van der Waals surface area contributed by atoms with Gasteiger partial charge in [0.15, 0.2) is 5.82 Å². The molecule has 3 heterocycles. The Labute approximate surface area is 134 Å². The number of hydrogen-bond acceptors (Lipinski definition) is 6. The SMILES string of the molecule is COCCN(C)c1ccc(/C=C2\C(=O)c3ncnn3C2C)cn1. The van der Waals surface area contributed by atoms with Crippen LogP contribution in [0.4, 0.5) is 5.82 Å². The lowest BCUT2D eigenvalue weighted by Gasteiger charge is -2.17. The topological polar surface area (TPSA) is 73.1 Å². The van der Waals surface area contributed by atoms with E-state index in [1.165, 1.54) is 6.33 Å². The van der Waals surface area contributed by atoms with E-state index in [2.05, 4.69) is 15.1 Å². The zero-order valence-corrected chi connectivity index (χ0v) is 13.4. The maximum Gasteiger partial charge on any atom is 0.228 e. The van der Waals surface area contributed by atoms with E-state index in [9.17, 15) is 4.79 Å². The smallest absolute Gasteiger partial charge is 0.228 e. The van der Waals surface area contributed by atoms with Gasteiger partial charge in [-0.05, 0) is 30.7 Å². The van der Waals surface area contributed by atoms with Crippen LogP contribution in [-0.2, 0) is 4.74 Å². The molecular weight excluding hydrogens is 294 g/mol. The van der Waals surface area contributed by atoms with Gasteiger partial charge in [-0.1, -0.05) is 0 Å². The third-order valence-electron chi connectivity index (χ3n) is 3.97. The number of anilines is 1. The van der Waals surface area contributed by atoms with Crippen molar-refractivity contribution in [2.24, 2.45) is 0 Å². The monoisotopic (exact) mass is 313 g/mol. The molecule has 0 aromatic carbocycles. The molecule has 0 radical (unpaired) electrons. The Morgan fingerprint density at radius 2 is 2.22 bits per heavy atom. The van der Waals surface area contributed by atoms with Crippen molar-refractivity contribution in [2.45, 2.75) is 13.0 Å². The predicted octanol–water partition coefficient (Wildman–Crippen LogP) is 1.60. The van der Waals surface area contributed by atoms with E-state index in [-0.39, 0.29) is 11.8 Å². The van der Waals surface area contributed by atoms with Gasteiger partial charge >= 0.3 is 0 Å². The zero-order valence-electron chi connectivity index (χ0n) is 13.4. The number of aromatic nitrogens is 4. The molecule has 1 atom stereocenters. The number of methoxy groups -OCH3 is 1. The Morgan fingerprint density at radius 3 is 2.87 bits per heavy atom. The van der Waals surface area contributed by atoms with E-state index in [4.69, 9.17) is 4.74 Å². The molecule has 23 heavy (non-hydrogen) atoms. The van der Waals surface area contributed by atoms with Crippen molar-refractivity contribution in [1.29, 1.82) is 0 Å². The Bertz CT molecular complexity index is 735. The van der Waals surface area contributed by atoms with Crippen LogP contribution in [0.2, 0.25) is 0 Å². The van der Waals surface area contributed by atoms with Crippen molar-refractivity contribution in [3.8, 4) is 0 Å². The van der Waals surface area contributed by atoms with Crippen LogP contribution in [0, 0.1) is 0 Å². The lowest BCUT2D eigenvalue weighted by Crippen LogP contribution is -2.22. The van der Waals surface area contributed by atoms with E-state index in [0.717, 1.165) is 17.9 Å². The number of fused-ring (bicyclic) bond motifs is 1. The molecule has 0 saturated carbocycles. The van der Waals surface area contributed by atoms with Crippen molar-refractivity contribution in [2.75, 3.05) is 32.2 Å². The Morgan fingerprint density at radius 1 is 1.39 bits per heavy atom. The van der Waals surface area contributed by atoms with E-state index in [0.29, 0.717) is 18.0 Å². The van der Waals surface area contributed by atoms with Crippen LogP contribution < -0.4 is 4.90 Å². The summed E-state index contributed by atoms with van der Waals surface area (Å²) in [6, 6.07) is 3.78. The number of likely N-dealkylation sites (N-methyl/N-ethyl adjacent to an activating group) is 1. The van der Waals surface area contributed by atoms with Gasteiger partial charge in [-0.15, -0.1) is 0 Å². The quantitative estimate of drug-likeness (QED) is 0.781. The average Bonchev–Trinajstić information content (AvgIpc) is 3.13. The van der Waals surface area contributed by atoms with Crippen molar-refractivity contribution < 1.29 is 9.53 Å². The number of ketones is 1. The molecule has 0 N–H and O–H groups in total. The fourth-order valence-corrected chi connectivity index (χ4v) is 2.56. The van der Waals surface area contributed by atoms with E-state index in [1.807, 2.05) is 37.1 Å². The minimum absolute atomic E-state index is 0.0729. The highest BCUT2D eigenvalue weighted by atomic mass is 16.5. The van der Waals surface area contributed by atoms with Crippen molar-refractivity contribution >= 4 is 17.7 Å². The molecule has 7 nitrogen and oxygen atoms in total. The molecule has 0 aliphatic carbocycles. The Balaban J connectivity index is 1.78. The van der Waals surface area contributed by atoms with Gasteiger partial charge in [0, 0.05) is 32.5 Å². The molecule has 0 spiro atoms. The highest BCUT2D eigenvalue weighted by molar-refractivity contribution is 6.11. The van der Waals surface area contributed by atoms with Gasteiger partial charge in [-0.3, -0.25) is 4.79 Å². The molecular formula is C16H19N5O2. The first-order valence-corrected chi connectivity index (χ1v) is 7.43. The molecule has 0 amide bonds. The molecule has 1 aliphatic rings. The fourth-order valence-electron chi connectivity index (χ4n) is 2.56. The molecule has 3 rings (SSSR count). The summed E-state index contributed by atoms with van der Waals surface area (Å²) in [6.07, 6.45) is 5.03. The van der Waals surface area contributed by atoms with Crippen LogP contribution in [0.5, 0.6) is 0 Å². The predicted molar refractivity (Wildman–Crippen MR) is 86.4 cm³/mol.